The van der Waals surface area contributed by atoms with E-state index in [-0.39, 0.29) is 5.78 Å². The predicted octanol–water partition coefficient (Wildman–Crippen LogP) is 2.92. The van der Waals surface area contributed by atoms with Gasteiger partial charge in [-0.15, -0.1) is 11.3 Å². The van der Waals surface area contributed by atoms with Gasteiger partial charge in [0, 0.05) is 28.7 Å². The Morgan fingerprint density at radius 1 is 1.24 bits per heavy atom. The van der Waals surface area contributed by atoms with Crippen LogP contribution >= 0.6 is 11.3 Å². The topological polar surface area (TPSA) is 42.9 Å². The molecule has 0 atom stereocenters. The van der Waals surface area contributed by atoms with Crippen molar-refractivity contribution in [3.05, 3.63) is 58.8 Å². The maximum Gasteiger partial charge on any atom is 0.212 e. The smallest absolute Gasteiger partial charge is 0.212 e. The second-order valence-corrected chi connectivity index (χ2v) is 4.32. The Bertz CT molecular complexity index is 671. The van der Waals surface area contributed by atoms with E-state index >= 15 is 0 Å². The third-order valence-corrected chi connectivity index (χ3v) is 3.18. The van der Waals surface area contributed by atoms with Crippen molar-refractivity contribution >= 4 is 27.9 Å². The Morgan fingerprint density at radius 2 is 2.18 bits per heavy atom. The first-order valence-electron chi connectivity index (χ1n) is 5.12. The summed E-state index contributed by atoms with van der Waals surface area (Å²) < 4.78 is 0. The van der Waals surface area contributed by atoms with Gasteiger partial charge >= 0.3 is 0 Å². The maximum absolute atomic E-state index is 12.2. The molecule has 3 aromatic rings. The number of nitrogens with zero attached hydrogens (tertiary/aromatic N) is 2. The van der Waals surface area contributed by atoms with Gasteiger partial charge in [-0.3, -0.25) is 9.78 Å². The van der Waals surface area contributed by atoms with Gasteiger partial charge in [-0.05, 0) is 11.5 Å². The third-order valence-electron chi connectivity index (χ3n) is 2.59. The third kappa shape index (κ3) is 1.72. The van der Waals surface area contributed by atoms with Crippen LogP contribution in [0.15, 0.2) is 47.5 Å². The lowest BCUT2D eigenvalue weighted by molar-refractivity contribution is 0.103. The minimum Gasteiger partial charge on any atom is -0.287 e. The summed E-state index contributed by atoms with van der Waals surface area (Å²) in [4.78, 5) is 20.4. The lowest BCUT2D eigenvalue weighted by atomic mass is 10.0. The van der Waals surface area contributed by atoms with E-state index in [0.717, 1.165) is 10.8 Å². The van der Waals surface area contributed by atoms with Gasteiger partial charge < -0.3 is 0 Å². The molecule has 0 N–H and O–H groups in total. The highest BCUT2D eigenvalue weighted by atomic mass is 32.1. The van der Waals surface area contributed by atoms with E-state index < -0.39 is 0 Å². The first-order chi connectivity index (χ1) is 8.36. The number of pyridine rings is 1. The summed E-state index contributed by atoms with van der Waals surface area (Å²) in [6.07, 6.45) is 3.44. The molecular weight excluding hydrogens is 232 g/mol. The molecule has 0 spiro atoms. The molecule has 0 radical (unpaired) electrons. The van der Waals surface area contributed by atoms with E-state index in [1.165, 1.54) is 11.3 Å². The van der Waals surface area contributed by atoms with Gasteiger partial charge in [-0.25, -0.2) is 4.98 Å². The fourth-order valence-electron chi connectivity index (χ4n) is 1.77. The van der Waals surface area contributed by atoms with Crippen molar-refractivity contribution in [2.24, 2.45) is 0 Å². The lowest BCUT2D eigenvalue weighted by Crippen LogP contribution is -2.02. The normalized spacial score (nSPS) is 10.6. The number of aromatic nitrogens is 2. The molecule has 0 aliphatic rings. The molecule has 0 fully saturated rings. The molecular formula is C13H8N2OS. The number of carbonyl (C=O) groups is 1. The maximum atomic E-state index is 12.2. The highest BCUT2D eigenvalue weighted by Gasteiger charge is 2.13. The number of hydrogen-bond donors (Lipinski definition) is 0. The van der Waals surface area contributed by atoms with Gasteiger partial charge in [0.05, 0.1) is 5.51 Å². The highest BCUT2D eigenvalue weighted by molar-refractivity contribution is 7.07. The molecule has 2 aromatic heterocycles. The van der Waals surface area contributed by atoms with E-state index in [9.17, 15) is 4.79 Å². The van der Waals surface area contributed by atoms with Crippen LogP contribution in [0.2, 0.25) is 0 Å². The van der Waals surface area contributed by atoms with Crippen molar-refractivity contribution < 1.29 is 4.79 Å². The van der Waals surface area contributed by atoms with Crippen molar-refractivity contribution in [1.29, 1.82) is 0 Å². The summed E-state index contributed by atoms with van der Waals surface area (Å²) in [5.41, 5.74) is 2.81. The first-order valence-corrected chi connectivity index (χ1v) is 6.06. The van der Waals surface area contributed by atoms with Crippen molar-refractivity contribution in [3.63, 3.8) is 0 Å². The van der Waals surface area contributed by atoms with Crippen molar-refractivity contribution in [3.8, 4) is 0 Å². The molecule has 0 unspecified atom stereocenters. The number of fused-ring (bicyclic) bond motifs is 1. The van der Waals surface area contributed by atoms with Crippen molar-refractivity contribution in [1.82, 2.24) is 9.97 Å². The highest BCUT2D eigenvalue weighted by Crippen LogP contribution is 2.20. The van der Waals surface area contributed by atoms with Crippen LogP contribution in [0.3, 0.4) is 0 Å². The standard InChI is InChI=1S/C13H8N2OS/c16-13(12-7-17-8-15-12)10-3-1-2-9-4-5-14-6-11(9)10/h1-8H. The van der Waals surface area contributed by atoms with Crippen LogP contribution < -0.4 is 0 Å². The lowest BCUT2D eigenvalue weighted by Gasteiger charge is -2.03. The van der Waals surface area contributed by atoms with Crippen molar-refractivity contribution in [2.75, 3.05) is 0 Å². The summed E-state index contributed by atoms with van der Waals surface area (Å²) in [5, 5.41) is 3.64. The Labute approximate surface area is 102 Å². The summed E-state index contributed by atoms with van der Waals surface area (Å²) >= 11 is 1.42. The van der Waals surface area contributed by atoms with Gasteiger partial charge in [0.2, 0.25) is 5.78 Å². The summed E-state index contributed by atoms with van der Waals surface area (Å²) in [6.45, 7) is 0. The van der Waals surface area contributed by atoms with Crippen molar-refractivity contribution in [2.45, 2.75) is 0 Å². The summed E-state index contributed by atoms with van der Waals surface area (Å²) in [6, 6.07) is 7.55. The SMILES string of the molecule is O=C(c1cscn1)c1cccc2ccncc12. The molecule has 0 aliphatic carbocycles. The molecule has 3 nitrogen and oxygen atoms in total. The van der Waals surface area contributed by atoms with Crippen LogP contribution in [0.4, 0.5) is 0 Å². The number of benzene rings is 1. The molecule has 17 heavy (non-hydrogen) atoms. The Kier molecular flexibility index (Phi) is 2.42. The number of ketones is 1. The average molecular weight is 240 g/mol. The zero-order valence-electron chi connectivity index (χ0n) is 8.83. The van der Waals surface area contributed by atoms with Crippen LogP contribution in [-0.2, 0) is 0 Å². The van der Waals surface area contributed by atoms with Crippen LogP contribution in [0.1, 0.15) is 16.1 Å². The van der Waals surface area contributed by atoms with Gasteiger partial charge in [0.25, 0.3) is 0 Å². The fourth-order valence-corrected chi connectivity index (χ4v) is 2.31. The predicted molar refractivity (Wildman–Crippen MR) is 67.3 cm³/mol. The first kappa shape index (κ1) is 10.1. The summed E-state index contributed by atoms with van der Waals surface area (Å²) in [7, 11) is 0. The second kappa shape index (κ2) is 4.07. The van der Waals surface area contributed by atoms with Gasteiger partial charge in [-0.1, -0.05) is 18.2 Å². The molecule has 2 heterocycles. The largest absolute Gasteiger partial charge is 0.287 e. The molecule has 0 saturated carbocycles. The minimum absolute atomic E-state index is 0.0511. The summed E-state index contributed by atoms with van der Waals surface area (Å²) in [5.74, 6) is -0.0511. The zero-order valence-corrected chi connectivity index (χ0v) is 9.65. The molecule has 0 amide bonds. The number of hydrogen-bond acceptors (Lipinski definition) is 4. The number of carbonyl (C=O) groups excluding carboxylic acids is 1. The number of rotatable bonds is 2. The van der Waals surface area contributed by atoms with E-state index in [2.05, 4.69) is 9.97 Å². The Hall–Kier alpha value is -2.07. The van der Waals surface area contributed by atoms with E-state index in [4.69, 9.17) is 0 Å². The molecule has 0 bridgehead atoms. The quantitative estimate of drug-likeness (QED) is 0.647. The van der Waals surface area contributed by atoms with Crippen LogP contribution in [0.5, 0.6) is 0 Å². The number of thiazole rings is 1. The molecule has 3 rings (SSSR count). The van der Waals surface area contributed by atoms with E-state index in [0.29, 0.717) is 11.3 Å². The fraction of sp³-hybridized carbons (Fsp3) is 0. The average Bonchev–Trinajstić information content (AvgIpc) is 2.91. The van der Waals surface area contributed by atoms with E-state index in [1.54, 1.807) is 23.3 Å². The minimum atomic E-state index is -0.0511. The van der Waals surface area contributed by atoms with Crippen LogP contribution in [-0.4, -0.2) is 15.8 Å². The zero-order chi connectivity index (χ0) is 11.7. The Morgan fingerprint density at radius 3 is 3.00 bits per heavy atom. The van der Waals surface area contributed by atoms with Gasteiger partial charge in [0.1, 0.15) is 5.69 Å². The molecule has 82 valence electrons. The molecule has 0 saturated heterocycles. The van der Waals surface area contributed by atoms with Gasteiger partial charge in [0.15, 0.2) is 0 Å². The van der Waals surface area contributed by atoms with Crippen LogP contribution in [0, 0.1) is 0 Å². The van der Waals surface area contributed by atoms with E-state index in [1.807, 2.05) is 24.3 Å². The molecule has 4 heteroatoms. The molecule has 1 aromatic carbocycles. The van der Waals surface area contributed by atoms with Gasteiger partial charge in [-0.2, -0.15) is 0 Å². The Balaban J connectivity index is 2.21. The second-order valence-electron chi connectivity index (χ2n) is 3.61. The monoisotopic (exact) mass is 240 g/mol. The van der Waals surface area contributed by atoms with Crippen LogP contribution in [0.25, 0.3) is 10.8 Å². The molecule has 0 aliphatic heterocycles.